The van der Waals surface area contributed by atoms with Crippen LogP contribution in [0.15, 0.2) is 0 Å². The molecule has 3 aliphatic carbocycles. The van der Waals surface area contributed by atoms with Gasteiger partial charge in [-0.1, -0.05) is 52.4 Å². The Balaban J connectivity index is 1.62. The van der Waals surface area contributed by atoms with Crippen LogP contribution in [0.4, 0.5) is 0 Å². The quantitative estimate of drug-likeness (QED) is 0.795. The molecule has 0 spiro atoms. The highest BCUT2D eigenvalue weighted by Crippen LogP contribution is 2.48. The predicted molar refractivity (Wildman–Crippen MR) is 86.9 cm³/mol. The maximum atomic E-state index is 12.8. The van der Waals surface area contributed by atoms with Crippen molar-refractivity contribution in [3.05, 3.63) is 0 Å². The van der Waals surface area contributed by atoms with E-state index in [0.29, 0.717) is 17.9 Å². The summed E-state index contributed by atoms with van der Waals surface area (Å²) in [6.45, 7) is 4.74. The van der Waals surface area contributed by atoms with Crippen molar-refractivity contribution in [3.8, 4) is 0 Å². The Kier molecular flexibility index (Phi) is 4.91. The Labute approximate surface area is 130 Å². The second-order valence-corrected chi connectivity index (χ2v) is 8.11. The third-order valence-electron chi connectivity index (χ3n) is 6.95. The van der Waals surface area contributed by atoms with Gasteiger partial charge in [0, 0.05) is 12.0 Å². The van der Waals surface area contributed by atoms with Crippen LogP contribution in [0.25, 0.3) is 0 Å². The molecule has 3 rings (SSSR count). The maximum Gasteiger partial charge on any atom is 0.223 e. The van der Waals surface area contributed by atoms with Gasteiger partial charge in [0.05, 0.1) is 0 Å². The molecule has 0 aromatic heterocycles. The van der Waals surface area contributed by atoms with Gasteiger partial charge in [-0.05, 0) is 49.4 Å². The molecular weight excluding hydrogens is 258 g/mol. The highest BCUT2D eigenvalue weighted by Gasteiger charge is 2.43. The van der Waals surface area contributed by atoms with Gasteiger partial charge in [0.15, 0.2) is 0 Å². The second-order valence-electron chi connectivity index (χ2n) is 8.11. The predicted octanol–water partition coefficient (Wildman–Crippen LogP) is 4.53. The Morgan fingerprint density at radius 2 is 1.52 bits per heavy atom. The highest BCUT2D eigenvalue weighted by molar-refractivity contribution is 5.79. The van der Waals surface area contributed by atoms with Crippen molar-refractivity contribution in [2.45, 2.75) is 84.1 Å². The number of fused-ring (bicyclic) bond motifs is 1. The van der Waals surface area contributed by atoms with Gasteiger partial charge in [-0.15, -0.1) is 0 Å². The number of rotatable bonds is 2. The van der Waals surface area contributed by atoms with Crippen LogP contribution in [0.3, 0.4) is 0 Å². The SMILES string of the molecule is CC1C(C(=O)NC2CCCCC2)CC2CCCCC2C1C. The van der Waals surface area contributed by atoms with Crippen LogP contribution in [0, 0.1) is 29.6 Å². The Morgan fingerprint density at radius 3 is 2.29 bits per heavy atom. The lowest BCUT2D eigenvalue weighted by molar-refractivity contribution is -0.132. The van der Waals surface area contributed by atoms with E-state index >= 15 is 0 Å². The average Bonchev–Trinajstić information content (AvgIpc) is 2.52. The van der Waals surface area contributed by atoms with Crippen molar-refractivity contribution in [2.24, 2.45) is 29.6 Å². The second kappa shape index (κ2) is 6.71. The molecule has 2 heteroatoms. The van der Waals surface area contributed by atoms with Gasteiger partial charge >= 0.3 is 0 Å². The van der Waals surface area contributed by atoms with Gasteiger partial charge in [-0.2, -0.15) is 0 Å². The molecule has 3 saturated carbocycles. The molecule has 1 N–H and O–H groups in total. The number of nitrogens with one attached hydrogen (secondary N) is 1. The molecule has 3 aliphatic rings. The topological polar surface area (TPSA) is 29.1 Å². The monoisotopic (exact) mass is 291 g/mol. The summed E-state index contributed by atoms with van der Waals surface area (Å²) in [6.07, 6.45) is 13.1. The van der Waals surface area contributed by atoms with Gasteiger partial charge in [0.25, 0.3) is 0 Å². The van der Waals surface area contributed by atoms with Gasteiger partial charge < -0.3 is 5.32 Å². The minimum Gasteiger partial charge on any atom is -0.353 e. The fraction of sp³-hybridized carbons (Fsp3) is 0.947. The van der Waals surface area contributed by atoms with Crippen molar-refractivity contribution < 1.29 is 4.79 Å². The average molecular weight is 291 g/mol. The van der Waals surface area contributed by atoms with E-state index in [2.05, 4.69) is 19.2 Å². The van der Waals surface area contributed by atoms with E-state index in [4.69, 9.17) is 0 Å². The molecule has 3 fully saturated rings. The van der Waals surface area contributed by atoms with Crippen LogP contribution in [0.5, 0.6) is 0 Å². The third kappa shape index (κ3) is 3.29. The zero-order chi connectivity index (χ0) is 14.8. The molecule has 5 unspecified atom stereocenters. The number of carbonyl (C=O) groups is 1. The largest absolute Gasteiger partial charge is 0.353 e. The first-order chi connectivity index (χ1) is 10.2. The minimum absolute atomic E-state index is 0.279. The molecule has 0 aromatic rings. The lowest BCUT2D eigenvalue weighted by Crippen LogP contribution is -2.48. The van der Waals surface area contributed by atoms with Gasteiger partial charge in [0.1, 0.15) is 0 Å². The molecule has 0 bridgehead atoms. The molecule has 0 heterocycles. The van der Waals surface area contributed by atoms with E-state index in [1.54, 1.807) is 0 Å². The number of hydrogen-bond acceptors (Lipinski definition) is 1. The lowest BCUT2D eigenvalue weighted by Gasteiger charge is -2.47. The van der Waals surface area contributed by atoms with Crippen LogP contribution in [-0.4, -0.2) is 11.9 Å². The summed E-state index contributed by atoms with van der Waals surface area (Å²) in [4.78, 5) is 12.8. The van der Waals surface area contributed by atoms with Gasteiger partial charge in [-0.3, -0.25) is 4.79 Å². The summed E-state index contributed by atoms with van der Waals surface area (Å²) >= 11 is 0. The fourth-order valence-electron chi connectivity index (χ4n) is 5.42. The Morgan fingerprint density at radius 1 is 0.857 bits per heavy atom. The van der Waals surface area contributed by atoms with Crippen molar-refractivity contribution in [3.63, 3.8) is 0 Å². The third-order valence-corrected chi connectivity index (χ3v) is 6.95. The fourth-order valence-corrected chi connectivity index (χ4v) is 5.42. The van der Waals surface area contributed by atoms with Gasteiger partial charge in [-0.25, -0.2) is 0 Å². The normalized spacial score (nSPS) is 41.3. The highest BCUT2D eigenvalue weighted by atomic mass is 16.2. The first-order valence-electron chi connectivity index (χ1n) is 9.47. The van der Waals surface area contributed by atoms with Crippen LogP contribution in [0.1, 0.15) is 78.1 Å². The minimum atomic E-state index is 0.279. The van der Waals surface area contributed by atoms with E-state index < -0.39 is 0 Å². The summed E-state index contributed by atoms with van der Waals surface area (Å²) in [5.41, 5.74) is 0. The van der Waals surface area contributed by atoms with E-state index in [-0.39, 0.29) is 5.92 Å². The summed E-state index contributed by atoms with van der Waals surface area (Å²) in [7, 11) is 0. The first-order valence-corrected chi connectivity index (χ1v) is 9.47. The molecule has 5 atom stereocenters. The van der Waals surface area contributed by atoms with Gasteiger partial charge in [0.2, 0.25) is 5.91 Å². The summed E-state index contributed by atoms with van der Waals surface area (Å²) < 4.78 is 0. The van der Waals surface area contributed by atoms with Crippen molar-refractivity contribution in [2.75, 3.05) is 0 Å². The molecule has 21 heavy (non-hydrogen) atoms. The molecule has 120 valence electrons. The summed E-state index contributed by atoms with van der Waals surface area (Å²) in [5.74, 6) is 3.67. The van der Waals surface area contributed by atoms with Crippen LogP contribution < -0.4 is 5.32 Å². The smallest absolute Gasteiger partial charge is 0.223 e. The molecule has 2 nitrogen and oxygen atoms in total. The molecule has 0 aliphatic heterocycles. The van der Waals surface area contributed by atoms with E-state index in [1.807, 2.05) is 0 Å². The lowest BCUT2D eigenvalue weighted by atomic mass is 9.58. The molecule has 1 amide bonds. The Bertz CT molecular complexity index is 359. The Hall–Kier alpha value is -0.530. The van der Waals surface area contributed by atoms with E-state index in [9.17, 15) is 4.79 Å². The first kappa shape index (κ1) is 15.4. The molecule has 0 aromatic carbocycles. The number of hydrogen-bond donors (Lipinski definition) is 1. The van der Waals surface area contributed by atoms with Crippen LogP contribution >= 0.6 is 0 Å². The van der Waals surface area contributed by atoms with Crippen molar-refractivity contribution in [1.29, 1.82) is 0 Å². The zero-order valence-corrected chi connectivity index (χ0v) is 13.9. The molecule has 0 saturated heterocycles. The van der Waals surface area contributed by atoms with Crippen LogP contribution in [0.2, 0.25) is 0 Å². The number of carbonyl (C=O) groups excluding carboxylic acids is 1. The van der Waals surface area contributed by atoms with Crippen molar-refractivity contribution in [1.82, 2.24) is 5.32 Å². The summed E-state index contributed by atoms with van der Waals surface area (Å²) in [6, 6.07) is 0.470. The van der Waals surface area contributed by atoms with E-state index in [0.717, 1.165) is 24.2 Å². The van der Waals surface area contributed by atoms with E-state index in [1.165, 1.54) is 57.8 Å². The molecule has 0 radical (unpaired) electrons. The summed E-state index contributed by atoms with van der Waals surface area (Å²) in [5, 5.41) is 3.40. The van der Waals surface area contributed by atoms with Crippen LogP contribution in [-0.2, 0) is 4.79 Å². The zero-order valence-electron chi connectivity index (χ0n) is 13.9. The van der Waals surface area contributed by atoms with Crippen molar-refractivity contribution >= 4 is 5.91 Å². The molecular formula is C19H33NO. The maximum absolute atomic E-state index is 12.8. The number of amides is 1. The standard InChI is InChI=1S/C19H33NO/c1-13-14(2)18(12-15-8-6-7-11-17(13)15)19(21)20-16-9-4-3-5-10-16/h13-18H,3-12H2,1-2H3,(H,20,21).